The van der Waals surface area contributed by atoms with Crippen molar-refractivity contribution < 1.29 is 9.59 Å². The number of fused-ring (bicyclic) bond motifs is 1. The molecule has 32 heavy (non-hydrogen) atoms. The maximum Gasteiger partial charge on any atom is 0.251 e. The van der Waals surface area contributed by atoms with Gasteiger partial charge in [-0.05, 0) is 50.5 Å². The second-order valence-corrected chi connectivity index (χ2v) is 8.10. The molecular formula is C23H29N7O2. The highest BCUT2D eigenvalue weighted by atomic mass is 16.2. The zero-order chi connectivity index (χ0) is 22.3. The normalized spacial score (nSPS) is 14.0. The first-order valence-corrected chi connectivity index (χ1v) is 11.2. The lowest BCUT2D eigenvalue weighted by Gasteiger charge is -2.26. The number of rotatable bonds is 9. The van der Waals surface area contributed by atoms with Crippen molar-refractivity contribution >= 4 is 23.3 Å². The van der Waals surface area contributed by atoms with Crippen LogP contribution in [0.25, 0.3) is 5.65 Å². The van der Waals surface area contributed by atoms with Gasteiger partial charge in [0.15, 0.2) is 11.5 Å². The van der Waals surface area contributed by atoms with E-state index < -0.39 is 0 Å². The van der Waals surface area contributed by atoms with Crippen LogP contribution in [-0.2, 0) is 11.2 Å². The Hall–Kier alpha value is -3.49. The van der Waals surface area contributed by atoms with E-state index in [0.717, 1.165) is 50.3 Å². The number of carbonyl (C=O) groups excluding carboxylic acids is 2. The number of likely N-dealkylation sites (tertiary alicyclic amines) is 1. The van der Waals surface area contributed by atoms with Crippen molar-refractivity contribution in [3.8, 4) is 0 Å². The molecule has 2 N–H and O–H groups in total. The fourth-order valence-electron chi connectivity index (χ4n) is 3.84. The lowest BCUT2D eigenvalue weighted by atomic mass is 10.1. The molecule has 1 aromatic carbocycles. The topological polar surface area (TPSA) is 105 Å². The lowest BCUT2D eigenvalue weighted by Crippen LogP contribution is -2.36. The molecule has 3 heterocycles. The monoisotopic (exact) mass is 435 g/mol. The van der Waals surface area contributed by atoms with Gasteiger partial charge in [-0.15, -0.1) is 15.3 Å². The standard InChI is InChI=1S/C23H29N7O2/c1-17-6-4-7-18(16-17)23(32)25-13-11-21-27-26-20-10-9-19(28-30(20)21)24-12-5-15-29-14-3-2-8-22(29)31/h4,6-7,9-10,16H,2-3,5,8,11-15H2,1H3,(H,24,28)(H,25,32). The average Bonchev–Trinajstić information content (AvgIpc) is 3.20. The molecule has 4 rings (SSSR count). The molecule has 1 aliphatic heterocycles. The summed E-state index contributed by atoms with van der Waals surface area (Å²) in [6, 6.07) is 11.2. The van der Waals surface area contributed by atoms with Gasteiger partial charge in [0.2, 0.25) is 5.91 Å². The maximum absolute atomic E-state index is 12.3. The summed E-state index contributed by atoms with van der Waals surface area (Å²) < 4.78 is 1.70. The van der Waals surface area contributed by atoms with Gasteiger partial charge in [0.25, 0.3) is 5.91 Å². The van der Waals surface area contributed by atoms with Gasteiger partial charge in [0.1, 0.15) is 5.82 Å². The molecular weight excluding hydrogens is 406 g/mol. The van der Waals surface area contributed by atoms with E-state index in [0.29, 0.717) is 36.4 Å². The lowest BCUT2D eigenvalue weighted by molar-refractivity contribution is -0.133. The number of aromatic nitrogens is 4. The van der Waals surface area contributed by atoms with Crippen molar-refractivity contribution in [2.75, 3.05) is 31.5 Å². The Kier molecular flexibility index (Phi) is 6.94. The van der Waals surface area contributed by atoms with Crippen molar-refractivity contribution in [3.63, 3.8) is 0 Å². The number of anilines is 1. The third-order valence-corrected chi connectivity index (χ3v) is 5.57. The van der Waals surface area contributed by atoms with Crippen LogP contribution in [0.3, 0.4) is 0 Å². The van der Waals surface area contributed by atoms with Crippen LogP contribution in [-0.4, -0.2) is 62.7 Å². The summed E-state index contributed by atoms with van der Waals surface area (Å²) in [6.07, 6.45) is 4.17. The Bertz CT molecular complexity index is 1090. The molecule has 1 saturated heterocycles. The van der Waals surface area contributed by atoms with E-state index in [4.69, 9.17) is 0 Å². The first-order valence-electron chi connectivity index (χ1n) is 11.2. The molecule has 0 atom stereocenters. The highest BCUT2D eigenvalue weighted by Crippen LogP contribution is 2.11. The van der Waals surface area contributed by atoms with Crippen LogP contribution in [0.2, 0.25) is 0 Å². The van der Waals surface area contributed by atoms with Crippen LogP contribution in [0.1, 0.15) is 47.4 Å². The Labute approximate surface area is 187 Å². The summed E-state index contributed by atoms with van der Waals surface area (Å²) >= 11 is 0. The van der Waals surface area contributed by atoms with E-state index in [1.807, 2.05) is 42.2 Å². The molecule has 9 heteroatoms. The molecule has 0 unspecified atom stereocenters. The van der Waals surface area contributed by atoms with E-state index >= 15 is 0 Å². The van der Waals surface area contributed by atoms with Crippen LogP contribution in [0.5, 0.6) is 0 Å². The third-order valence-electron chi connectivity index (χ3n) is 5.57. The number of amides is 2. The fourth-order valence-corrected chi connectivity index (χ4v) is 3.84. The van der Waals surface area contributed by atoms with Crippen LogP contribution in [0.15, 0.2) is 36.4 Å². The maximum atomic E-state index is 12.3. The zero-order valence-electron chi connectivity index (χ0n) is 18.4. The number of nitrogens with one attached hydrogen (secondary N) is 2. The molecule has 1 fully saturated rings. The molecule has 0 spiro atoms. The summed E-state index contributed by atoms with van der Waals surface area (Å²) in [5.41, 5.74) is 2.36. The Balaban J connectivity index is 1.28. The first kappa shape index (κ1) is 21.7. The molecule has 0 aliphatic carbocycles. The predicted octanol–water partition coefficient (Wildman–Crippen LogP) is 2.22. The molecule has 2 aromatic heterocycles. The number of piperidine rings is 1. The van der Waals surface area contributed by atoms with Gasteiger partial charge in [-0.2, -0.15) is 4.52 Å². The molecule has 0 bridgehead atoms. The van der Waals surface area contributed by atoms with Gasteiger partial charge in [-0.1, -0.05) is 17.7 Å². The third kappa shape index (κ3) is 5.40. The molecule has 1 aliphatic rings. The van der Waals surface area contributed by atoms with Crippen molar-refractivity contribution in [2.45, 2.75) is 39.0 Å². The summed E-state index contributed by atoms with van der Waals surface area (Å²) in [7, 11) is 0. The SMILES string of the molecule is Cc1cccc(C(=O)NCCc2nnc3ccc(NCCCN4CCCCC4=O)nn23)c1. The summed E-state index contributed by atoms with van der Waals surface area (Å²) in [5.74, 6) is 1.57. The largest absolute Gasteiger partial charge is 0.369 e. The molecule has 0 radical (unpaired) electrons. The Morgan fingerprint density at radius 3 is 2.88 bits per heavy atom. The number of nitrogens with zero attached hydrogens (tertiary/aromatic N) is 5. The predicted molar refractivity (Wildman–Crippen MR) is 122 cm³/mol. The van der Waals surface area contributed by atoms with Gasteiger partial charge < -0.3 is 15.5 Å². The molecule has 9 nitrogen and oxygen atoms in total. The van der Waals surface area contributed by atoms with Gasteiger partial charge in [-0.3, -0.25) is 9.59 Å². The van der Waals surface area contributed by atoms with Crippen LogP contribution in [0, 0.1) is 6.92 Å². The quantitative estimate of drug-likeness (QED) is 0.500. The summed E-state index contributed by atoms with van der Waals surface area (Å²) in [6.45, 7) is 4.77. The number of aryl methyl sites for hydroxylation is 1. The summed E-state index contributed by atoms with van der Waals surface area (Å²) in [5, 5.41) is 19.2. The van der Waals surface area contributed by atoms with Crippen LogP contribution >= 0.6 is 0 Å². The van der Waals surface area contributed by atoms with E-state index in [9.17, 15) is 9.59 Å². The van der Waals surface area contributed by atoms with Gasteiger partial charge >= 0.3 is 0 Å². The van der Waals surface area contributed by atoms with Crippen molar-refractivity contribution in [1.29, 1.82) is 0 Å². The minimum Gasteiger partial charge on any atom is -0.369 e. The number of benzene rings is 1. The van der Waals surface area contributed by atoms with Crippen LogP contribution < -0.4 is 10.6 Å². The van der Waals surface area contributed by atoms with Crippen molar-refractivity contribution in [1.82, 2.24) is 30.0 Å². The second kappa shape index (κ2) is 10.2. The van der Waals surface area contributed by atoms with E-state index in [2.05, 4.69) is 25.9 Å². The minimum atomic E-state index is -0.106. The summed E-state index contributed by atoms with van der Waals surface area (Å²) in [4.78, 5) is 26.2. The Morgan fingerprint density at radius 2 is 2.03 bits per heavy atom. The average molecular weight is 436 g/mol. The van der Waals surface area contributed by atoms with Gasteiger partial charge in [-0.25, -0.2) is 0 Å². The molecule has 0 saturated carbocycles. The van der Waals surface area contributed by atoms with E-state index in [-0.39, 0.29) is 11.8 Å². The molecule has 168 valence electrons. The van der Waals surface area contributed by atoms with Crippen LogP contribution in [0.4, 0.5) is 5.82 Å². The second-order valence-electron chi connectivity index (χ2n) is 8.10. The van der Waals surface area contributed by atoms with Crippen molar-refractivity contribution in [2.24, 2.45) is 0 Å². The first-order chi connectivity index (χ1) is 15.6. The van der Waals surface area contributed by atoms with E-state index in [1.165, 1.54) is 0 Å². The minimum absolute atomic E-state index is 0.106. The Morgan fingerprint density at radius 1 is 1.12 bits per heavy atom. The number of carbonyl (C=O) groups is 2. The zero-order valence-corrected chi connectivity index (χ0v) is 18.4. The van der Waals surface area contributed by atoms with Gasteiger partial charge in [0.05, 0.1) is 0 Å². The fraction of sp³-hybridized carbons (Fsp3) is 0.435. The molecule has 3 aromatic rings. The number of hydrogen-bond donors (Lipinski definition) is 2. The highest BCUT2D eigenvalue weighted by molar-refractivity contribution is 5.94. The smallest absolute Gasteiger partial charge is 0.251 e. The highest BCUT2D eigenvalue weighted by Gasteiger charge is 2.17. The van der Waals surface area contributed by atoms with Gasteiger partial charge in [0, 0.05) is 44.6 Å². The molecule has 2 amide bonds. The van der Waals surface area contributed by atoms with E-state index in [1.54, 1.807) is 10.6 Å². The van der Waals surface area contributed by atoms with Crippen molar-refractivity contribution in [3.05, 3.63) is 53.3 Å². The number of hydrogen-bond acceptors (Lipinski definition) is 6.